The smallest absolute Gasteiger partial charge is 0.237 e. The lowest BCUT2D eigenvalue weighted by molar-refractivity contribution is -0.129. The third kappa shape index (κ3) is 4.23. The average Bonchev–Trinajstić information content (AvgIpc) is 2.66. The standard InChI is InChI=1S/C13H26N2O3/c1-11(15-7-5-3-4-6-8-15)12(18)14-13(2,9-16)10-17/h11,16-17H,3-10H2,1-2H3,(H,14,18)/t11-/m1/s1. The molecular weight excluding hydrogens is 232 g/mol. The minimum Gasteiger partial charge on any atom is -0.394 e. The summed E-state index contributed by atoms with van der Waals surface area (Å²) >= 11 is 0. The first-order valence-electron chi connectivity index (χ1n) is 6.80. The van der Waals surface area contributed by atoms with E-state index in [-0.39, 0.29) is 25.2 Å². The van der Waals surface area contributed by atoms with Crippen LogP contribution in [-0.2, 0) is 4.79 Å². The quantitative estimate of drug-likeness (QED) is 0.654. The van der Waals surface area contributed by atoms with E-state index in [9.17, 15) is 15.0 Å². The van der Waals surface area contributed by atoms with Crippen molar-refractivity contribution in [2.24, 2.45) is 0 Å². The van der Waals surface area contributed by atoms with Crippen molar-refractivity contribution >= 4 is 5.91 Å². The SMILES string of the molecule is C[C@H](C(=O)NC(C)(CO)CO)N1CCCCCC1. The van der Waals surface area contributed by atoms with Crippen LogP contribution in [0, 0.1) is 0 Å². The minimum atomic E-state index is -0.933. The molecule has 18 heavy (non-hydrogen) atoms. The Kier molecular flexibility index (Phi) is 6.05. The molecule has 1 rings (SSSR count). The van der Waals surface area contributed by atoms with Crippen LogP contribution in [0.3, 0.4) is 0 Å². The van der Waals surface area contributed by atoms with Gasteiger partial charge in [-0.15, -0.1) is 0 Å². The lowest BCUT2D eigenvalue weighted by Gasteiger charge is -2.32. The van der Waals surface area contributed by atoms with E-state index in [1.165, 1.54) is 12.8 Å². The molecule has 5 heteroatoms. The van der Waals surface area contributed by atoms with Gasteiger partial charge in [0.25, 0.3) is 0 Å². The molecule has 0 spiro atoms. The Balaban J connectivity index is 2.54. The summed E-state index contributed by atoms with van der Waals surface area (Å²) in [7, 11) is 0. The molecule has 0 aromatic carbocycles. The zero-order valence-electron chi connectivity index (χ0n) is 11.5. The highest BCUT2D eigenvalue weighted by Crippen LogP contribution is 2.13. The first-order valence-corrected chi connectivity index (χ1v) is 6.80. The molecule has 1 fully saturated rings. The lowest BCUT2D eigenvalue weighted by atomic mass is 10.0. The molecule has 1 heterocycles. The van der Waals surface area contributed by atoms with Gasteiger partial charge in [-0.3, -0.25) is 9.69 Å². The van der Waals surface area contributed by atoms with E-state index in [2.05, 4.69) is 10.2 Å². The molecule has 1 atom stereocenters. The fourth-order valence-corrected chi connectivity index (χ4v) is 2.18. The normalized spacial score (nSPS) is 20.2. The van der Waals surface area contributed by atoms with E-state index < -0.39 is 5.54 Å². The van der Waals surface area contributed by atoms with Gasteiger partial charge in [0.15, 0.2) is 0 Å². The van der Waals surface area contributed by atoms with Crippen LogP contribution >= 0.6 is 0 Å². The van der Waals surface area contributed by atoms with Crippen molar-refractivity contribution < 1.29 is 15.0 Å². The van der Waals surface area contributed by atoms with Gasteiger partial charge in [0, 0.05) is 0 Å². The Morgan fingerprint density at radius 2 is 1.72 bits per heavy atom. The molecule has 1 aliphatic heterocycles. The van der Waals surface area contributed by atoms with E-state index >= 15 is 0 Å². The summed E-state index contributed by atoms with van der Waals surface area (Å²) in [6.45, 7) is 4.90. The summed E-state index contributed by atoms with van der Waals surface area (Å²) in [5, 5.41) is 21.1. The summed E-state index contributed by atoms with van der Waals surface area (Å²) in [5.41, 5.74) is -0.933. The van der Waals surface area contributed by atoms with Crippen LogP contribution in [0.1, 0.15) is 39.5 Å². The number of hydrogen-bond donors (Lipinski definition) is 3. The number of hydrogen-bond acceptors (Lipinski definition) is 4. The van der Waals surface area contributed by atoms with E-state index in [0.717, 1.165) is 25.9 Å². The molecule has 0 bridgehead atoms. The Labute approximate surface area is 109 Å². The van der Waals surface area contributed by atoms with Gasteiger partial charge in [-0.2, -0.15) is 0 Å². The van der Waals surface area contributed by atoms with Gasteiger partial charge < -0.3 is 15.5 Å². The number of aliphatic hydroxyl groups excluding tert-OH is 2. The van der Waals surface area contributed by atoms with Crippen LogP contribution in [0.5, 0.6) is 0 Å². The highest BCUT2D eigenvalue weighted by molar-refractivity contribution is 5.82. The zero-order valence-corrected chi connectivity index (χ0v) is 11.5. The number of nitrogens with one attached hydrogen (secondary N) is 1. The van der Waals surface area contributed by atoms with Crippen molar-refractivity contribution in [3.05, 3.63) is 0 Å². The van der Waals surface area contributed by atoms with Gasteiger partial charge in [0.2, 0.25) is 5.91 Å². The van der Waals surface area contributed by atoms with Crippen LogP contribution in [-0.4, -0.2) is 58.9 Å². The molecule has 1 aliphatic rings. The topological polar surface area (TPSA) is 72.8 Å². The summed E-state index contributed by atoms with van der Waals surface area (Å²) in [4.78, 5) is 14.3. The first kappa shape index (κ1) is 15.4. The number of amides is 1. The monoisotopic (exact) mass is 258 g/mol. The summed E-state index contributed by atoms with van der Waals surface area (Å²) in [6, 6.07) is -0.208. The number of carbonyl (C=O) groups excluding carboxylic acids is 1. The largest absolute Gasteiger partial charge is 0.394 e. The van der Waals surface area contributed by atoms with Gasteiger partial charge in [0.1, 0.15) is 0 Å². The molecular formula is C13H26N2O3. The zero-order chi connectivity index (χ0) is 13.6. The molecule has 1 amide bonds. The molecule has 0 aromatic heterocycles. The second kappa shape index (κ2) is 7.07. The number of carbonyl (C=O) groups is 1. The van der Waals surface area contributed by atoms with Crippen LogP contribution in [0.25, 0.3) is 0 Å². The molecule has 0 radical (unpaired) electrons. The molecule has 0 saturated carbocycles. The average molecular weight is 258 g/mol. The Morgan fingerprint density at radius 1 is 1.22 bits per heavy atom. The van der Waals surface area contributed by atoms with Crippen molar-refractivity contribution in [3.8, 4) is 0 Å². The van der Waals surface area contributed by atoms with E-state index in [0.29, 0.717) is 0 Å². The van der Waals surface area contributed by atoms with Gasteiger partial charge >= 0.3 is 0 Å². The maximum absolute atomic E-state index is 12.1. The van der Waals surface area contributed by atoms with Crippen LogP contribution < -0.4 is 5.32 Å². The van der Waals surface area contributed by atoms with Gasteiger partial charge in [-0.1, -0.05) is 12.8 Å². The van der Waals surface area contributed by atoms with Crippen molar-refractivity contribution in [1.29, 1.82) is 0 Å². The number of aliphatic hydroxyl groups is 2. The highest BCUT2D eigenvalue weighted by atomic mass is 16.3. The molecule has 0 aliphatic carbocycles. The molecule has 0 unspecified atom stereocenters. The van der Waals surface area contributed by atoms with Crippen LogP contribution in [0.15, 0.2) is 0 Å². The Bertz CT molecular complexity index is 259. The van der Waals surface area contributed by atoms with E-state index in [1.807, 2.05) is 6.92 Å². The predicted octanol–water partition coefficient (Wildman–Crippen LogP) is 0.110. The predicted molar refractivity (Wildman–Crippen MR) is 70.2 cm³/mol. The summed E-state index contributed by atoms with van der Waals surface area (Å²) < 4.78 is 0. The maximum Gasteiger partial charge on any atom is 0.237 e. The van der Waals surface area contributed by atoms with Crippen molar-refractivity contribution in [2.45, 2.75) is 51.1 Å². The molecule has 0 aromatic rings. The van der Waals surface area contributed by atoms with E-state index in [1.54, 1.807) is 6.92 Å². The molecule has 3 N–H and O–H groups in total. The fourth-order valence-electron chi connectivity index (χ4n) is 2.18. The third-order valence-corrected chi connectivity index (χ3v) is 3.69. The summed E-state index contributed by atoms with van der Waals surface area (Å²) in [6.07, 6.45) is 4.73. The molecule has 1 saturated heterocycles. The number of rotatable bonds is 5. The minimum absolute atomic E-state index is 0.123. The van der Waals surface area contributed by atoms with Gasteiger partial charge in [0.05, 0.1) is 24.8 Å². The lowest BCUT2D eigenvalue weighted by Crippen LogP contribution is -2.57. The third-order valence-electron chi connectivity index (χ3n) is 3.69. The molecule has 106 valence electrons. The highest BCUT2D eigenvalue weighted by Gasteiger charge is 2.29. The van der Waals surface area contributed by atoms with Crippen LogP contribution in [0.2, 0.25) is 0 Å². The van der Waals surface area contributed by atoms with Crippen LogP contribution in [0.4, 0.5) is 0 Å². The first-order chi connectivity index (χ1) is 8.52. The fraction of sp³-hybridized carbons (Fsp3) is 0.923. The second-order valence-electron chi connectivity index (χ2n) is 5.49. The van der Waals surface area contributed by atoms with E-state index in [4.69, 9.17) is 0 Å². The molecule has 5 nitrogen and oxygen atoms in total. The summed E-state index contributed by atoms with van der Waals surface area (Å²) in [5.74, 6) is -0.123. The Hall–Kier alpha value is -0.650. The number of likely N-dealkylation sites (tertiary alicyclic amines) is 1. The van der Waals surface area contributed by atoms with Crippen molar-refractivity contribution in [1.82, 2.24) is 10.2 Å². The van der Waals surface area contributed by atoms with Crippen molar-refractivity contribution in [3.63, 3.8) is 0 Å². The number of nitrogens with zero attached hydrogens (tertiary/aromatic N) is 1. The Morgan fingerprint density at radius 3 is 2.17 bits per heavy atom. The van der Waals surface area contributed by atoms with Gasteiger partial charge in [-0.25, -0.2) is 0 Å². The maximum atomic E-state index is 12.1. The second-order valence-corrected chi connectivity index (χ2v) is 5.49. The van der Waals surface area contributed by atoms with Gasteiger partial charge in [-0.05, 0) is 39.8 Å². The van der Waals surface area contributed by atoms with Crippen molar-refractivity contribution in [2.75, 3.05) is 26.3 Å².